The van der Waals surface area contributed by atoms with Crippen LogP contribution in [0.4, 0.5) is 5.69 Å². The number of benzene rings is 2. The van der Waals surface area contributed by atoms with Gasteiger partial charge < -0.3 is 24.4 Å². The molecule has 1 aliphatic rings. The van der Waals surface area contributed by atoms with Gasteiger partial charge in [0.15, 0.2) is 11.5 Å². The van der Waals surface area contributed by atoms with Crippen molar-refractivity contribution in [1.29, 1.82) is 0 Å². The van der Waals surface area contributed by atoms with Crippen molar-refractivity contribution in [1.82, 2.24) is 4.90 Å². The predicted octanol–water partition coefficient (Wildman–Crippen LogP) is 3.20. The third kappa shape index (κ3) is 4.80. The Morgan fingerprint density at radius 2 is 1.66 bits per heavy atom. The molecule has 1 N–H and O–H groups in total. The van der Waals surface area contributed by atoms with Crippen molar-refractivity contribution in [2.45, 2.75) is 12.8 Å². The molecule has 0 bridgehead atoms. The third-order valence-corrected chi connectivity index (χ3v) is 5.12. The molecule has 0 unspecified atom stereocenters. The summed E-state index contributed by atoms with van der Waals surface area (Å²) in [6, 6.07) is 12.4. The van der Waals surface area contributed by atoms with Crippen LogP contribution in [0, 0.1) is 5.92 Å². The van der Waals surface area contributed by atoms with E-state index in [2.05, 4.69) is 5.32 Å². The van der Waals surface area contributed by atoms with Crippen LogP contribution in [-0.2, 0) is 4.79 Å². The smallest absolute Gasteiger partial charge is 0.253 e. The number of methoxy groups -OCH3 is 3. The molecule has 2 aromatic carbocycles. The zero-order valence-corrected chi connectivity index (χ0v) is 16.9. The summed E-state index contributed by atoms with van der Waals surface area (Å²) in [5, 5.41) is 2.94. The van der Waals surface area contributed by atoms with Crippen LogP contribution in [0.5, 0.6) is 17.2 Å². The maximum atomic E-state index is 12.8. The van der Waals surface area contributed by atoms with Crippen LogP contribution < -0.4 is 19.5 Å². The number of amides is 2. The SMILES string of the molecule is COc1cccc(NC(=O)C2CCN(C(=O)c3ccc(OC)c(OC)c3)CC2)c1. The second kappa shape index (κ2) is 9.32. The number of carbonyl (C=O) groups excluding carboxylic acids is 2. The molecule has 0 saturated carbocycles. The quantitative estimate of drug-likeness (QED) is 0.809. The van der Waals surface area contributed by atoms with Crippen molar-refractivity contribution in [2.75, 3.05) is 39.7 Å². The van der Waals surface area contributed by atoms with Crippen LogP contribution in [0.1, 0.15) is 23.2 Å². The van der Waals surface area contributed by atoms with Crippen molar-refractivity contribution in [3.05, 3.63) is 48.0 Å². The molecule has 2 aromatic rings. The molecule has 1 heterocycles. The number of carbonyl (C=O) groups is 2. The lowest BCUT2D eigenvalue weighted by molar-refractivity contribution is -0.121. The van der Waals surface area contributed by atoms with E-state index in [1.165, 1.54) is 0 Å². The number of hydrogen-bond donors (Lipinski definition) is 1. The standard InChI is InChI=1S/C22H26N2O5/c1-27-18-6-4-5-17(14-18)23-21(25)15-9-11-24(12-10-15)22(26)16-7-8-19(28-2)20(13-16)29-3/h4-8,13-15H,9-12H2,1-3H3,(H,23,25). The Bertz CT molecular complexity index is 875. The van der Waals surface area contributed by atoms with Gasteiger partial charge in [0.1, 0.15) is 5.75 Å². The highest BCUT2D eigenvalue weighted by Crippen LogP contribution is 2.29. The Kier molecular flexibility index (Phi) is 6.59. The summed E-state index contributed by atoms with van der Waals surface area (Å²) in [4.78, 5) is 27.2. The molecule has 1 fully saturated rings. The van der Waals surface area contributed by atoms with Gasteiger partial charge in [0, 0.05) is 36.3 Å². The maximum Gasteiger partial charge on any atom is 0.253 e. The molecule has 29 heavy (non-hydrogen) atoms. The average Bonchev–Trinajstić information content (AvgIpc) is 2.78. The zero-order chi connectivity index (χ0) is 20.8. The summed E-state index contributed by atoms with van der Waals surface area (Å²) >= 11 is 0. The van der Waals surface area contributed by atoms with E-state index in [4.69, 9.17) is 14.2 Å². The third-order valence-electron chi connectivity index (χ3n) is 5.12. The molecule has 0 aliphatic carbocycles. The molecule has 0 atom stereocenters. The topological polar surface area (TPSA) is 77.1 Å². The Hall–Kier alpha value is -3.22. The molecule has 154 valence electrons. The fourth-order valence-electron chi connectivity index (χ4n) is 3.44. The van der Waals surface area contributed by atoms with Gasteiger partial charge in [-0.1, -0.05) is 6.07 Å². The van der Waals surface area contributed by atoms with Gasteiger partial charge in [-0.2, -0.15) is 0 Å². The average molecular weight is 398 g/mol. The number of rotatable bonds is 6. The highest BCUT2D eigenvalue weighted by Gasteiger charge is 2.28. The van der Waals surface area contributed by atoms with E-state index < -0.39 is 0 Å². The van der Waals surface area contributed by atoms with Gasteiger partial charge in [-0.25, -0.2) is 0 Å². The van der Waals surface area contributed by atoms with E-state index in [-0.39, 0.29) is 17.7 Å². The van der Waals surface area contributed by atoms with E-state index in [9.17, 15) is 9.59 Å². The molecule has 7 heteroatoms. The normalized spacial score (nSPS) is 14.2. The Labute approximate surface area is 170 Å². The number of piperidine rings is 1. The molecule has 0 radical (unpaired) electrons. The fraction of sp³-hybridized carbons (Fsp3) is 0.364. The highest BCUT2D eigenvalue weighted by molar-refractivity contribution is 5.96. The van der Waals surface area contributed by atoms with Crippen LogP contribution in [0.15, 0.2) is 42.5 Å². The van der Waals surface area contributed by atoms with Crippen LogP contribution in [0.2, 0.25) is 0 Å². The van der Waals surface area contributed by atoms with Gasteiger partial charge in [-0.05, 0) is 43.2 Å². The number of likely N-dealkylation sites (tertiary alicyclic amines) is 1. The first-order valence-electron chi connectivity index (χ1n) is 9.52. The van der Waals surface area contributed by atoms with Gasteiger partial charge in [0.05, 0.1) is 21.3 Å². The Balaban J connectivity index is 1.58. The van der Waals surface area contributed by atoms with Gasteiger partial charge in [0.25, 0.3) is 5.91 Å². The molecule has 1 saturated heterocycles. The first-order chi connectivity index (χ1) is 14.0. The van der Waals surface area contributed by atoms with Crippen LogP contribution in [-0.4, -0.2) is 51.1 Å². The number of hydrogen-bond acceptors (Lipinski definition) is 5. The van der Waals surface area contributed by atoms with Gasteiger partial charge in [-0.3, -0.25) is 9.59 Å². The largest absolute Gasteiger partial charge is 0.497 e. The zero-order valence-electron chi connectivity index (χ0n) is 16.9. The monoisotopic (exact) mass is 398 g/mol. The molecule has 0 aromatic heterocycles. The van der Waals surface area contributed by atoms with E-state index in [1.54, 1.807) is 50.5 Å². The number of anilines is 1. The van der Waals surface area contributed by atoms with Crippen molar-refractivity contribution in [3.63, 3.8) is 0 Å². The fourth-order valence-corrected chi connectivity index (χ4v) is 3.44. The molecule has 1 aliphatic heterocycles. The first kappa shape index (κ1) is 20.5. The number of nitrogens with one attached hydrogen (secondary N) is 1. The summed E-state index contributed by atoms with van der Waals surface area (Å²) in [7, 11) is 4.69. The van der Waals surface area contributed by atoms with Crippen LogP contribution in [0.25, 0.3) is 0 Å². The lowest BCUT2D eigenvalue weighted by atomic mass is 9.95. The van der Waals surface area contributed by atoms with Gasteiger partial charge in [0.2, 0.25) is 5.91 Å². The minimum absolute atomic E-state index is 0.0310. The number of nitrogens with zero attached hydrogens (tertiary/aromatic N) is 1. The van der Waals surface area contributed by atoms with Crippen LogP contribution >= 0.6 is 0 Å². The molecule has 0 spiro atoms. The molecular formula is C22H26N2O5. The van der Waals surface area contributed by atoms with Crippen molar-refractivity contribution >= 4 is 17.5 Å². The Morgan fingerprint density at radius 1 is 0.931 bits per heavy atom. The second-order valence-corrected chi connectivity index (χ2v) is 6.86. The van der Waals surface area contributed by atoms with E-state index in [0.29, 0.717) is 54.4 Å². The minimum atomic E-state index is -0.129. The summed E-state index contributed by atoms with van der Waals surface area (Å²) in [5.41, 5.74) is 1.25. The molecule has 7 nitrogen and oxygen atoms in total. The maximum absolute atomic E-state index is 12.8. The first-order valence-corrected chi connectivity index (χ1v) is 9.52. The van der Waals surface area contributed by atoms with Crippen molar-refractivity contribution < 1.29 is 23.8 Å². The van der Waals surface area contributed by atoms with E-state index >= 15 is 0 Å². The van der Waals surface area contributed by atoms with E-state index in [1.807, 2.05) is 18.2 Å². The molecule has 2 amide bonds. The Morgan fingerprint density at radius 3 is 2.31 bits per heavy atom. The van der Waals surface area contributed by atoms with Gasteiger partial charge in [-0.15, -0.1) is 0 Å². The number of ether oxygens (including phenoxy) is 3. The second-order valence-electron chi connectivity index (χ2n) is 6.86. The lowest BCUT2D eigenvalue weighted by Crippen LogP contribution is -2.41. The minimum Gasteiger partial charge on any atom is -0.497 e. The van der Waals surface area contributed by atoms with Crippen molar-refractivity contribution in [2.24, 2.45) is 5.92 Å². The lowest BCUT2D eigenvalue weighted by Gasteiger charge is -2.31. The van der Waals surface area contributed by atoms with E-state index in [0.717, 1.165) is 0 Å². The summed E-state index contributed by atoms with van der Waals surface area (Å²) in [6.07, 6.45) is 1.24. The van der Waals surface area contributed by atoms with Crippen LogP contribution in [0.3, 0.4) is 0 Å². The predicted molar refractivity (Wildman–Crippen MR) is 110 cm³/mol. The summed E-state index contributed by atoms with van der Waals surface area (Å²) in [5.74, 6) is 1.56. The molecular weight excluding hydrogens is 372 g/mol. The van der Waals surface area contributed by atoms with Crippen molar-refractivity contribution in [3.8, 4) is 17.2 Å². The summed E-state index contributed by atoms with van der Waals surface area (Å²) < 4.78 is 15.7. The highest BCUT2D eigenvalue weighted by atomic mass is 16.5. The molecule has 3 rings (SSSR count). The summed E-state index contributed by atoms with van der Waals surface area (Å²) in [6.45, 7) is 1.06. The van der Waals surface area contributed by atoms with Gasteiger partial charge >= 0.3 is 0 Å².